The second kappa shape index (κ2) is 5.48. The van der Waals surface area contributed by atoms with Gasteiger partial charge in [-0.3, -0.25) is 9.69 Å². The van der Waals surface area contributed by atoms with E-state index in [-0.39, 0.29) is 29.5 Å². The summed E-state index contributed by atoms with van der Waals surface area (Å²) in [6.07, 6.45) is 0.215. The van der Waals surface area contributed by atoms with E-state index < -0.39 is 21.4 Å². The van der Waals surface area contributed by atoms with Crippen LogP contribution in [0.3, 0.4) is 0 Å². The number of benzene rings is 1. The van der Waals surface area contributed by atoms with E-state index in [1.807, 2.05) is 0 Å². The number of carbonyl (C=O) groups excluding carboxylic acids is 2. The number of nitrogens with one attached hydrogen (secondary N) is 1. The lowest BCUT2D eigenvalue weighted by Crippen LogP contribution is -2.40. The van der Waals surface area contributed by atoms with Gasteiger partial charge in [-0.25, -0.2) is 13.2 Å². The van der Waals surface area contributed by atoms with Crippen LogP contribution in [0.5, 0.6) is 0 Å². The van der Waals surface area contributed by atoms with Gasteiger partial charge in [-0.15, -0.1) is 0 Å². The van der Waals surface area contributed by atoms with Crippen molar-refractivity contribution in [3.05, 3.63) is 30.3 Å². The van der Waals surface area contributed by atoms with Crippen LogP contribution in [-0.2, 0) is 14.6 Å². The summed E-state index contributed by atoms with van der Waals surface area (Å²) in [6.45, 7) is 3.34. The minimum absolute atomic E-state index is 0.0974. The van der Waals surface area contributed by atoms with Crippen LogP contribution < -0.4 is 5.32 Å². The van der Waals surface area contributed by atoms with Crippen molar-refractivity contribution in [2.24, 2.45) is 0 Å². The van der Waals surface area contributed by atoms with Crippen molar-refractivity contribution in [1.82, 2.24) is 10.2 Å². The Morgan fingerprint density at radius 1 is 1.14 bits per heavy atom. The molecular formula is C14H18N2O4S. The van der Waals surface area contributed by atoms with Gasteiger partial charge in [-0.2, -0.15) is 0 Å². The lowest BCUT2D eigenvalue weighted by molar-refractivity contribution is -0.130. The summed E-state index contributed by atoms with van der Waals surface area (Å²) in [5.41, 5.74) is -0.921. The van der Waals surface area contributed by atoms with Gasteiger partial charge in [-0.1, -0.05) is 18.2 Å². The van der Waals surface area contributed by atoms with E-state index in [1.54, 1.807) is 32.0 Å². The number of nitrogens with zero attached hydrogens (tertiary/aromatic N) is 1. The molecule has 2 rings (SSSR count). The molecule has 0 spiro atoms. The Balaban J connectivity index is 1.96. The number of carbonyl (C=O) groups is 2. The van der Waals surface area contributed by atoms with Gasteiger partial charge in [0.15, 0.2) is 9.84 Å². The molecular weight excluding hydrogens is 292 g/mol. The fourth-order valence-electron chi connectivity index (χ4n) is 2.18. The molecule has 1 saturated heterocycles. The SMILES string of the molecule is CC1(C)NC(=O)N(CCCS(=O)(=O)c2ccccc2)C1=O. The van der Waals surface area contributed by atoms with Gasteiger partial charge in [0, 0.05) is 6.54 Å². The standard InChI is InChI=1S/C14H18N2O4S/c1-14(2)12(17)16(13(18)15-14)9-6-10-21(19,20)11-7-4-3-5-8-11/h3-5,7-8H,6,9-10H2,1-2H3,(H,15,18). The number of rotatable bonds is 5. The summed E-state index contributed by atoms with van der Waals surface area (Å²) in [5, 5.41) is 2.56. The smallest absolute Gasteiger partial charge is 0.324 e. The maximum Gasteiger partial charge on any atom is 0.325 e. The minimum Gasteiger partial charge on any atom is -0.324 e. The molecule has 7 heteroatoms. The molecule has 0 radical (unpaired) electrons. The van der Waals surface area contributed by atoms with Crippen LogP contribution in [0.15, 0.2) is 35.2 Å². The Morgan fingerprint density at radius 3 is 2.29 bits per heavy atom. The summed E-state index contributed by atoms with van der Waals surface area (Å²) < 4.78 is 24.2. The Kier molecular flexibility index (Phi) is 4.04. The van der Waals surface area contributed by atoms with Crippen molar-refractivity contribution in [2.45, 2.75) is 30.7 Å². The highest BCUT2D eigenvalue weighted by molar-refractivity contribution is 7.91. The van der Waals surface area contributed by atoms with Crippen LogP contribution in [0.2, 0.25) is 0 Å². The number of urea groups is 1. The van der Waals surface area contributed by atoms with Gasteiger partial charge in [0.2, 0.25) is 0 Å². The quantitative estimate of drug-likeness (QED) is 0.828. The van der Waals surface area contributed by atoms with Crippen molar-refractivity contribution in [2.75, 3.05) is 12.3 Å². The molecule has 3 amide bonds. The summed E-state index contributed by atoms with van der Waals surface area (Å²) in [7, 11) is -3.39. The molecule has 0 bridgehead atoms. The van der Waals surface area contributed by atoms with Crippen LogP contribution in [-0.4, -0.2) is 43.1 Å². The largest absolute Gasteiger partial charge is 0.325 e. The van der Waals surface area contributed by atoms with Crippen LogP contribution in [0, 0.1) is 0 Å². The molecule has 1 heterocycles. The number of hydrogen-bond acceptors (Lipinski definition) is 4. The second-order valence-corrected chi connectivity index (χ2v) is 7.61. The van der Waals surface area contributed by atoms with Gasteiger partial charge in [0.25, 0.3) is 5.91 Å². The van der Waals surface area contributed by atoms with E-state index in [2.05, 4.69) is 5.32 Å². The summed E-state index contributed by atoms with van der Waals surface area (Å²) in [6, 6.07) is 7.66. The van der Waals surface area contributed by atoms with Crippen LogP contribution in [0.1, 0.15) is 20.3 Å². The third kappa shape index (κ3) is 3.24. The average molecular weight is 310 g/mol. The maximum absolute atomic E-state index is 12.1. The van der Waals surface area contributed by atoms with Gasteiger partial charge >= 0.3 is 6.03 Å². The Morgan fingerprint density at radius 2 is 1.76 bits per heavy atom. The molecule has 21 heavy (non-hydrogen) atoms. The Bertz CT molecular complexity index is 653. The predicted molar refractivity (Wildman–Crippen MR) is 77.4 cm³/mol. The molecule has 1 N–H and O–H groups in total. The van der Waals surface area contributed by atoms with Crippen molar-refractivity contribution in [3.63, 3.8) is 0 Å². The molecule has 1 aliphatic rings. The molecule has 1 aromatic rings. The third-order valence-corrected chi connectivity index (χ3v) is 5.16. The van der Waals surface area contributed by atoms with Crippen LogP contribution in [0.25, 0.3) is 0 Å². The monoisotopic (exact) mass is 310 g/mol. The van der Waals surface area contributed by atoms with Crippen LogP contribution >= 0.6 is 0 Å². The lowest BCUT2D eigenvalue weighted by Gasteiger charge is -2.15. The highest BCUT2D eigenvalue weighted by Gasteiger charge is 2.43. The second-order valence-electron chi connectivity index (χ2n) is 5.50. The zero-order valence-corrected chi connectivity index (χ0v) is 12.8. The number of sulfone groups is 1. The summed E-state index contributed by atoms with van der Waals surface area (Å²) in [5.74, 6) is -0.432. The van der Waals surface area contributed by atoms with E-state index in [4.69, 9.17) is 0 Å². The van der Waals surface area contributed by atoms with Crippen LogP contribution in [0.4, 0.5) is 4.79 Å². The van der Waals surface area contributed by atoms with Gasteiger partial charge in [-0.05, 0) is 32.4 Å². The molecule has 0 aliphatic carbocycles. The zero-order valence-electron chi connectivity index (χ0n) is 12.0. The number of amides is 3. The van der Waals surface area contributed by atoms with Gasteiger partial charge < -0.3 is 5.32 Å². The third-order valence-electron chi connectivity index (χ3n) is 3.34. The molecule has 114 valence electrons. The summed E-state index contributed by atoms with van der Waals surface area (Å²) >= 11 is 0. The first-order valence-electron chi connectivity index (χ1n) is 6.66. The zero-order chi connectivity index (χ0) is 15.7. The van der Waals surface area contributed by atoms with E-state index >= 15 is 0 Å². The van der Waals surface area contributed by atoms with E-state index in [9.17, 15) is 18.0 Å². The van der Waals surface area contributed by atoms with Crippen molar-refractivity contribution in [1.29, 1.82) is 0 Å². The minimum atomic E-state index is -3.39. The Hall–Kier alpha value is -1.89. The molecule has 0 atom stereocenters. The normalized spacial score (nSPS) is 17.9. The predicted octanol–water partition coefficient (Wildman–Crippen LogP) is 1.18. The molecule has 0 aromatic heterocycles. The highest BCUT2D eigenvalue weighted by Crippen LogP contribution is 2.17. The summed E-state index contributed by atoms with van der Waals surface area (Å²) in [4.78, 5) is 24.9. The van der Waals surface area contributed by atoms with Crippen molar-refractivity contribution in [3.8, 4) is 0 Å². The molecule has 0 saturated carbocycles. The van der Waals surface area contributed by atoms with Crippen molar-refractivity contribution < 1.29 is 18.0 Å². The van der Waals surface area contributed by atoms with Gasteiger partial charge in [0.05, 0.1) is 10.6 Å². The number of hydrogen-bond donors (Lipinski definition) is 1. The first-order valence-corrected chi connectivity index (χ1v) is 8.31. The molecule has 6 nitrogen and oxygen atoms in total. The fourth-order valence-corrected chi connectivity index (χ4v) is 3.50. The van der Waals surface area contributed by atoms with E-state index in [0.29, 0.717) is 0 Å². The number of imide groups is 1. The Labute approximate surface area is 124 Å². The van der Waals surface area contributed by atoms with E-state index in [0.717, 1.165) is 4.90 Å². The van der Waals surface area contributed by atoms with Crippen molar-refractivity contribution >= 4 is 21.8 Å². The lowest BCUT2D eigenvalue weighted by atomic mass is 10.1. The fraction of sp³-hybridized carbons (Fsp3) is 0.429. The average Bonchev–Trinajstić information content (AvgIpc) is 2.61. The van der Waals surface area contributed by atoms with Gasteiger partial charge in [0.1, 0.15) is 5.54 Å². The first kappa shape index (κ1) is 15.5. The molecule has 1 fully saturated rings. The highest BCUT2D eigenvalue weighted by atomic mass is 32.2. The van der Waals surface area contributed by atoms with E-state index in [1.165, 1.54) is 12.1 Å². The molecule has 0 unspecified atom stereocenters. The maximum atomic E-state index is 12.1. The molecule has 1 aromatic carbocycles. The topological polar surface area (TPSA) is 83.6 Å². The molecule has 1 aliphatic heterocycles. The first-order chi connectivity index (χ1) is 9.74.